The number of carbonyl (C=O) groups excluding carboxylic acids is 1. The second-order valence-electron chi connectivity index (χ2n) is 4.81. The van der Waals surface area contributed by atoms with Crippen LogP contribution in [-0.4, -0.2) is 39.0 Å². The Hall–Kier alpha value is -3.35. The highest BCUT2D eigenvalue weighted by Crippen LogP contribution is 2.15. The van der Waals surface area contributed by atoms with Crippen molar-refractivity contribution in [2.75, 3.05) is 26.8 Å². The molecule has 0 amide bonds. The van der Waals surface area contributed by atoms with E-state index in [0.717, 1.165) is 5.75 Å². The predicted octanol–water partition coefficient (Wildman–Crippen LogP) is 2.99. The lowest BCUT2D eigenvalue weighted by Gasteiger charge is -2.05. The molecule has 0 aliphatic rings. The largest absolute Gasteiger partial charge is 0.497 e. The van der Waals surface area contributed by atoms with E-state index < -0.39 is 0 Å². The molecule has 0 atom stereocenters. The smallest absolute Gasteiger partial charge is 0.214 e. The molecule has 0 bridgehead atoms. The van der Waals surface area contributed by atoms with Crippen molar-refractivity contribution in [2.45, 2.75) is 0 Å². The third-order valence-corrected chi connectivity index (χ3v) is 3.26. The van der Waals surface area contributed by atoms with Crippen molar-refractivity contribution in [3.05, 3.63) is 54.1 Å². The zero-order valence-corrected chi connectivity index (χ0v) is 14.2. The van der Waals surface area contributed by atoms with Gasteiger partial charge in [0, 0.05) is 5.56 Å². The molecule has 2 aromatic carbocycles. The first-order valence-corrected chi connectivity index (χ1v) is 7.41. The molecule has 0 aromatic heterocycles. The van der Waals surface area contributed by atoms with E-state index >= 15 is 0 Å². The molecule has 7 heteroatoms. The number of ether oxygens (including phenoxy) is 2. The Bertz CT molecular complexity index is 753. The summed E-state index contributed by atoms with van der Waals surface area (Å²) >= 11 is 0. The number of oxime groups is 1. The Balaban J connectivity index is 2.20. The number of hydrazone groups is 1. The Morgan fingerprint density at radius 2 is 1.48 bits per heavy atom. The van der Waals surface area contributed by atoms with Gasteiger partial charge in [-0.1, -0.05) is 5.16 Å². The van der Waals surface area contributed by atoms with E-state index in [1.807, 2.05) is 0 Å². The number of nitrogens with one attached hydrogen (secondary N) is 1. The molecule has 2 rings (SSSR count). The highest BCUT2D eigenvalue weighted by molar-refractivity contribution is 6.64. The van der Waals surface area contributed by atoms with Crippen molar-refractivity contribution in [1.82, 2.24) is 0 Å². The number of ketones is 1. The Morgan fingerprint density at radius 1 is 0.920 bits per heavy atom. The van der Waals surface area contributed by atoms with Crippen LogP contribution in [0.25, 0.3) is 0 Å². The minimum atomic E-state index is -0.301. The average Bonchev–Trinajstić information content (AvgIpc) is 2.68. The second kappa shape index (κ2) is 9.07. The standard InChI is InChI=1S/C18H19N3O4/c1-23-15-8-4-13(5-9-15)18(22)17(12-19-25-3)21-20-14-6-10-16(24-2)11-7-14/h4-12,20H,1-3H3/b19-12+,21-17-. The van der Waals surface area contributed by atoms with E-state index in [-0.39, 0.29) is 11.5 Å². The Kier molecular flexibility index (Phi) is 6.53. The Labute approximate surface area is 145 Å². The van der Waals surface area contributed by atoms with Crippen LogP contribution in [0.1, 0.15) is 10.4 Å². The molecule has 25 heavy (non-hydrogen) atoms. The molecule has 130 valence electrons. The van der Waals surface area contributed by atoms with Crippen LogP contribution in [0, 0.1) is 0 Å². The number of hydrogen-bond acceptors (Lipinski definition) is 7. The summed E-state index contributed by atoms with van der Waals surface area (Å²) in [4.78, 5) is 17.2. The van der Waals surface area contributed by atoms with Gasteiger partial charge in [0.2, 0.25) is 5.78 Å². The van der Waals surface area contributed by atoms with Gasteiger partial charge in [-0.25, -0.2) is 0 Å². The third-order valence-electron chi connectivity index (χ3n) is 3.26. The minimum Gasteiger partial charge on any atom is -0.497 e. The number of Topliss-reactive ketones (excluding diaryl/α,β-unsaturated/α-hetero) is 1. The van der Waals surface area contributed by atoms with E-state index in [4.69, 9.17) is 9.47 Å². The summed E-state index contributed by atoms with van der Waals surface area (Å²) in [6, 6.07) is 13.9. The fourth-order valence-corrected chi connectivity index (χ4v) is 1.92. The fraction of sp³-hybridized carbons (Fsp3) is 0.167. The van der Waals surface area contributed by atoms with Crippen LogP contribution in [0.4, 0.5) is 5.69 Å². The lowest BCUT2D eigenvalue weighted by Crippen LogP contribution is -2.18. The topological polar surface area (TPSA) is 81.5 Å². The number of carbonyl (C=O) groups is 1. The van der Waals surface area contributed by atoms with Gasteiger partial charge in [-0.15, -0.1) is 0 Å². The molecule has 0 aliphatic heterocycles. The maximum absolute atomic E-state index is 12.6. The molecule has 0 saturated heterocycles. The van der Waals surface area contributed by atoms with Gasteiger partial charge in [-0.3, -0.25) is 10.2 Å². The van der Waals surface area contributed by atoms with Gasteiger partial charge in [0.15, 0.2) is 5.71 Å². The summed E-state index contributed by atoms with van der Waals surface area (Å²) in [6.45, 7) is 0. The van der Waals surface area contributed by atoms with Gasteiger partial charge < -0.3 is 14.3 Å². The van der Waals surface area contributed by atoms with Crippen molar-refractivity contribution < 1.29 is 19.1 Å². The van der Waals surface area contributed by atoms with Crippen molar-refractivity contribution in [2.24, 2.45) is 10.3 Å². The molecule has 2 aromatic rings. The van der Waals surface area contributed by atoms with Crippen molar-refractivity contribution in [3.8, 4) is 11.5 Å². The van der Waals surface area contributed by atoms with Gasteiger partial charge in [0.05, 0.1) is 26.1 Å². The number of anilines is 1. The Morgan fingerprint density at radius 3 is 2.00 bits per heavy atom. The highest BCUT2D eigenvalue weighted by atomic mass is 16.6. The molecular weight excluding hydrogens is 322 g/mol. The molecule has 0 heterocycles. The first kappa shape index (κ1) is 18.0. The summed E-state index contributed by atoms with van der Waals surface area (Å²) in [6.07, 6.45) is 1.25. The maximum Gasteiger partial charge on any atom is 0.214 e. The summed E-state index contributed by atoms with van der Waals surface area (Å²) in [5.74, 6) is 1.09. The van der Waals surface area contributed by atoms with E-state index in [2.05, 4.69) is 20.5 Å². The highest BCUT2D eigenvalue weighted by Gasteiger charge is 2.13. The van der Waals surface area contributed by atoms with Crippen LogP contribution in [0.2, 0.25) is 0 Å². The molecule has 0 aliphatic carbocycles. The molecular formula is C18H19N3O4. The van der Waals surface area contributed by atoms with Crippen molar-refractivity contribution in [1.29, 1.82) is 0 Å². The lowest BCUT2D eigenvalue weighted by atomic mass is 10.1. The molecule has 0 saturated carbocycles. The van der Waals surface area contributed by atoms with Crippen LogP contribution in [0.15, 0.2) is 58.8 Å². The monoisotopic (exact) mass is 341 g/mol. The summed E-state index contributed by atoms with van der Waals surface area (Å²) in [5.41, 5.74) is 4.08. The van der Waals surface area contributed by atoms with Crippen molar-refractivity contribution >= 4 is 23.4 Å². The second-order valence-corrected chi connectivity index (χ2v) is 4.81. The van der Waals surface area contributed by atoms with Gasteiger partial charge in [0.1, 0.15) is 18.6 Å². The van der Waals surface area contributed by atoms with Crippen LogP contribution < -0.4 is 14.9 Å². The fourth-order valence-electron chi connectivity index (χ4n) is 1.92. The summed E-state index contributed by atoms with van der Waals surface area (Å²) < 4.78 is 10.2. The molecule has 0 fully saturated rings. The van der Waals surface area contributed by atoms with Gasteiger partial charge in [-0.05, 0) is 48.5 Å². The maximum atomic E-state index is 12.6. The van der Waals surface area contributed by atoms with Crippen LogP contribution >= 0.6 is 0 Å². The zero-order valence-electron chi connectivity index (χ0n) is 14.2. The van der Waals surface area contributed by atoms with Crippen LogP contribution in [-0.2, 0) is 4.84 Å². The van der Waals surface area contributed by atoms with Gasteiger partial charge in [-0.2, -0.15) is 5.10 Å². The number of hydrogen-bond donors (Lipinski definition) is 1. The van der Waals surface area contributed by atoms with E-state index in [1.165, 1.54) is 13.3 Å². The molecule has 1 N–H and O–H groups in total. The molecule has 0 radical (unpaired) electrons. The number of methoxy groups -OCH3 is 2. The quantitative estimate of drug-likeness (QED) is 0.453. The average molecular weight is 341 g/mol. The normalized spacial score (nSPS) is 11.2. The third kappa shape index (κ3) is 5.07. The minimum absolute atomic E-state index is 0.0998. The number of rotatable bonds is 8. The predicted molar refractivity (Wildman–Crippen MR) is 96.9 cm³/mol. The summed E-state index contributed by atoms with van der Waals surface area (Å²) in [7, 11) is 4.55. The van der Waals surface area contributed by atoms with Crippen LogP contribution in [0.3, 0.4) is 0 Å². The molecule has 7 nitrogen and oxygen atoms in total. The number of nitrogens with zero attached hydrogens (tertiary/aromatic N) is 2. The van der Waals surface area contributed by atoms with Crippen molar-refractivity contribution in [3.63, 3.8) is 0 Å². The van der Waals surface area contributed by atoms with Crippen LogP contribution in [0.5, 0.6) is 11.5 Å². The first-order valence-electron chi connectivity index (χ1n) is 7.41. The summed E-state index contributed by atoms with van der Waals surface area (Å²) in [5, 5.41) is 7.75. The molecule has 0 spiro atoms. The number of benzene rings is 2. The first-order chi connectivity index (χ1) is 12.2. The van der Waals surface area contributed by atoms with Gasteiger partial charge >= 0.3 is 0 Å². The van der Waals surface area contributed by atoms with E-state index in [1.54, 1.807) is 62.8 Å². The van der Waals surface area contributed by atoms with Gasteiger partial charge in [0.25, 0.3) is 0 Å². The van der Waals surface area contributed by atoms with E-state index in [0.29, 0.717) is 17.0 Å². The molecule has 0 unspecified atom stereocenters. The lowest BCUT2D eigenvalue weighted by molar-refractivity contribution is 0.106. The SMILES string of the molecule is CO/N=C/C(=N/Nc1ccc(OC)cc1)C(=O)c1ccc(OC)cc1. The zero-order chi connectivity index (χ0) is 18.1. The van der Waals surface area contributed by atoms with E-state index in [9.17, 15) is 4.79 Å².